The molecule has 96 valence electrons. The van der Waals surface area contributed by atoms with Crippen molar-refractivity contribution in [1.29, 1.82) is 0 Å². The summed E-state index contributed by atoms with van der Waals surface area (Å²) in [6, 6.07) is 12.6. The van der Waals surface area contributed by atoms with Crippen LogP contribution in [-0.4, -0.2) is 14.5 Å². The maximum absolute atomic E-state index is 4.59. The molecule has 3 heteroatoms. The van der Waals surface area contributed by atoms with Gasteiger partial charge in [-0.25, -0.2) is 9.97 Å². The number of nitrogens with zero attached hydrogens (tertiary/aromatic N) is 3. The number of benzene rings is 1. The van der Waals surface area contributed by atoms with Crippen molar-refractivity contribution in [2.45, 2.75) is 26.8 Å². The fraction of sp³-hybridized carbons (Fsp3) is 0.250. The molecule has 0 N–H and O–H groups in total. The van der Waals surface area contributed by atoms with Gasteiger partial charge in [-0.3, -0.25) is 0 Å². The normalized spacial score (nSPS) is 11.1. The summed E-state index contributed by atoms with van der Waals surface area (Å²) in [5.41, 5.74) is 4.47. The molecule has 0 aliphatic heterocycles. The first-order chi connectivity index (χ1) is 9.24. The van der Waals surface area contributed by atoms with Crippen LogP contribution in [0.25, 0.3) is 11.2 Å². The third-order valence-corrected chi connectivity index (χ3v) is 3.38. The first kappa shape index (κ1) is 11.9. The molecule has 3 rings (SSSR count). The fourth-order valence-electron chi connectivity index (χ4n) is 2.38. The van der Waals surface area contributed by atoms with E-state index in [0.717, 1.165) is 35.5 Å². The van der Waals surface area contributed by atoms with Crippen molar-refractivity contribution in [1.82, 2.24) is 14.5 Å². The first-order valence-corrected chi connectivity index (χ1v) is 6.57. The van der Waals surface area contributed by atoms with Gasteiger partial charge in [-0.15, -0.1) is 0 Å². The van der Waals surface area contributed by atoms with Crippen LogP contribution < -0.4 is 0 Å². The summed E-state index contributed by atoms with van der Waals surface area (Å²) in [6.07, 6.45) is 2.91. The monoisotopic (exact) mass is 251 g/mol. The van der Waals surface area contributed by atoms with Gasteiger partial charge in [0.05, 0.1) is 0 Å². The summed E-state index contributed by atoms with van der Waals surface area (Å²) >= 11 is 0. The molecule has 0 fully saturated rings. The van der Waals surface area contributed by atoms with Gasteiger partial charge in [0.1, 0.15) is 11.3 Å². The van der Waals surface area contributed by atoms with Crippen molar-refractivity contribution < 1.29 is 0 Å². The average molecular weight is 251 g/mol. The van der Waals surface area contributed by atoms with Crippen LogP contribution in [0, 0.1) is 13.8 Å². The second-order valence-corrected chi connectivity index (χ2v) is 4.90. The van der Waals surface area contributed by atoms with Gasteiger partial charge < -0.3 is 4.57 Å². The molecule has 19 heavy (non-hydrogen) atoms. The Balaban J connectivity index is 1.90. The number of hydrogen-bond donors (Lipinski definition) is 0. The topological polar surface area (TPSA) is 30.7 Å². The van der Waals surface area contributed by atoms with Crippen LogP contribution >= 0.6 is 0 Å². The lowest BCUT2D eigenvalue weighted by Crippen LogP contribution is -2.04. The summed E-state index contributed by atoms with van der Waals surface area (Å²) < 4.78 is 2.20. The highest BCUT2D eigenvalue weighted by Crippen LogP contribution is 2.15. The smallest absolute Gasteiger partial charge is 0.160 e. The van der Waals surface area contributed by atoms with E-state index in [-0.39, 0.29) is 0 Å². The number of fused-ring (bicyclic) bond motifs is 1. The Labute approximate surface area is 112 Å². The molecule has 0 bridgehead atoms. The summed E-state index contributed by atoms with van der Waals surface area (Å²) in [6.45, 7) is 5.01. The van der Waals surface area contributed by atoms with E-state index in [4.69, 9.17) is 0 Å². The zero-order chi connectivity index (χ0) is 13.2. The first-order valence-electron chi connectivity index (χ1n) is 6.57. The second kappa shape index (κ2) is 4.84. The predicted molar refractivity (Wildman–Crippen MR) is 77.1 cm³/mol. The highest BCUT2D eigenvalue weighted by Gasteiger charge is 2.08. The minimum absolute atomic E-state index is 0.919. The molecular weight excluding hydrogens is 234 g/mol. The Morgan fingerprint density at radius 1 is 1.11 bits per heavy atom. The Morgan fingerprint density at radius 3 is 2.68 bits per heavy atom. The van der Waals surface area contributed by atoms with Gasteiger partial charge in [-0.05, 0) is 37.5 Å². The van der Waals surface area contributed by atoms with Crippen molar-refractivity contribution in [3.63, 3.8) is 0 Å². The van der Waals surface area contributed by atoms with Crippen molar-refractivity contribution in [3.05, 3.63) is 59.5 Å². The largest absolute Gasteiger partial charge is 0.313 e. The third-order valence-electron chi connectivity index (χ3n) is 3.38. The van der Waals surface area contributed by atoms with Crippen molar-refractivity contribution in [2.75, 3.05) is 0 Å². The van der Waals surface area contributed by atoms with Crippen LogP contribution in [0.4, 0.5) is 0 Å². The standard InChI is InChI=1S/C16H17N3/c1-12-10-15-16(17-11-12)19(13(2)18-15)9-8-14-6-4-3-5-7-14/h3-7,10-11H,8-9H2,1-2H3. The molecule has 0 atom stereocenters. The van der Waals surface area contributed by atoms with Gasteiger partial charge in [0.25, 0.3) is 0 Å². The maximum atomic E-state index is 4.59. The molecule has 0 saturated heterocycles. The van der Waals surface area contributed by atoms with Gasteiger partial charge >= 0.3 is 0 Å². The molecule has 0 aliphatic carbocycles. The minimum Gasteiger partial charge on any atom is -0.313 e. The lowest BCUT2D eigenvalue weighted by Gasteiger charge is -2.06. The Hall–Kier alpha value is -2.16. The van der Waals surface area contributed by atoms with E-state index in [2.05, 4.69) is 44.9 Å². The van der Waals surface area contributed by atoms with Gasteiger partial charge in [0.2, 0.25) is 0 Å². The summed E-state index contributed by atoms with van der Waals surface area (Å²) in [7, 11) is 0. The molecule has 0 spiro atoms. The average Bonchev–Trinajstić information content (AvgIpc) is 2.72. The molecular formula is C16H17N3. The van der Waals surface area contributed by atoms with E-state index >= 15 is 0 Å². The molecule has 0 radical (unpaired) electrons. The minimum atomic E-state index is 0.919. The van der Waals surface area contributed by atoms with E-state index in [0.29, 0.717) is 0 Å². The molecule has 2 aromatic heterocycles. The molecule has 0 saturated carbocycles. The molecule has 0 aliphatic rings. The van der Waals surface area contributed by atoms with Gasteiger partial charge in [-0.2, -0.15) is 0 Å². The van der Waals surface area contributed by atoms with Crippen LogP contribution in [0.3, 0.4) is 0 Å². The number of imidazole rings is 1. The molecule has 1 aromatic carbocycles. The van der Waals surface area contributed by atoms with Gasteiger partial charge in [-0.1, -0.05) is 30.3 Å². The van der Waals surface area contributed by atoms with Crippen LogP contribution in [0.5, 0.6) is 0 Å². The Kier molecular flexibility index (Phi) is 3.03. The van der Waals surface area contributed by atoms with E-state index < -0.39 is 0 Å². The molecule has 3 nitrogen and oxygen atoms in total. The number of hydrogen-bond acceptors (Lipinski definition) is 2. The van der Waals surface area contributed by atoms with E-state index in [9.17, 15) is 0 Å². The van der Waals surface area contributed by atoms with Gasteiger partial charge in [0.15, 0.2) is 5.65 Å². The van der Waals surface area contributed by atoms with Crippen LogP contribution in [0.1, 0.15) is 17.0 Å². The fourth-order valence-corrected chi connectivity index (χ4v) is 2.38. The quantitative estimate of drug-likeness (QED) is 0.715. The molecule has 0 unspecified atom stereocenters. The highest BCUT2D eigenvalue weighted by atomic mass is 15.1. The number of aryl methyl sites for hydroxylation is 4. The zero-order valence-electron chi connectivity index (χ0n) is 11.3. The summed E-state index contributed by atoms with van der Waals surface area (Å²) in [5, 5.41) is 0. The number of aromatic nitrogens is 3. The van der Waals surface area contributed by atoms with Crippen LogP contribution in [-0.2, 0) is 13.0 Å². The van der Waals surface area contributed by atoms with E-state index in [1.165, 1.54) is 5.56 Å². The Morgan fingerprint density at radius 2 is 1.89 bits per heavy atom. The summed E-state index contributed by atoms with van der Waals surface area (Å²) in [4.78, 5) is 9.10. The van der Waals surface area contributed by atoms with Gasteiger partial charge in [0, 0.05) is 12.7 Å². The van der Waals surface area contributed by atoms with E-state index in [1.54, 1.807) is 0 Å². The third kappa shape index (κ3) is 2.36. The second-order valence-electron chi connectivity index (χ2n) is 4.90. The van der Waals surface area contributed by atoms with Crippen molar-refractivity contribution in [2.24, 2.45) is 0 Å². The maximum Gasteiger partial charge on any atom is 0.160 e. The SMILES string of the molecule is Cc1cnc2c(c1)nc(C)n2CCc1ccccc1. The Bertz CT molecular complexity index is 699. The molecule has 3 aromatic rings. The highest BCUT2D eigenvalue weighted by molar-refractivity contribution is 5.72. The van der Waals surface area contributed by atoms with Crippen molar-refractivity contribution in [3.8, 4) is 0 Å². The number of rotatable bonds is 3. The van der Waals surface area contributed by atoms with Crippen molar-refractivity contribution >= 4 is 11.2 Å². The molecule has 2 heterocycles. The molecule has 0 amide bonds. The van der Waals surface area contributed by atoms with Crippen LogP contribution in [0.15, 0.2) is 42.6 Å². The zero-order valence-corrected chi connectivity index (χ0v) is 11.3. The summed E-state index contributed by atoms with van der Waals surface area (Å²) in [5.74, 6) is 1.03. The lowest BCUT2D eigenvalue weighted by atomic mass is 10.1. The van der Waals surface area contributed by atoms with E-state index in [1.807, 2.05) is 26.1 Å². The lowest BCUT2D eigenvalue weighted by molar-refractivity contribution is 0.686. The van der Waals surface area contributed by atoms with Crippen LogP contribution in [0.2, 0.25) is 0 Å². The number of pyridine rings is 1. The predicted octanol–water partition coefficient (Wildman–Crippen LogP) is 3.29.